The Morgan fingerprint density at radius 1 is 1.33 bits per heavy atom. The van der Waals surface area contributed by atoms with Gasteiger partial charge >= 0.3 is 0 Å². The maximum Gasteiger partial charge on any atom is 0.129 e. The summed E-state index contributed by atoms with van der Waals surface area (Å²) in [7, 11) is 0. The van der Waals surface area contributed by atoms with Gasteiger partial charge in [-0.3, -0.25) is 0 Å². The van der Waals surface area contributed by atoms with Crippen molar-refractivity contribution in [2.24, 2.45) is 5.73 Å². The van der Waals surface area contributed by atoms with Crippen LogP contribution in [0.5, 0.6) is 5.75 Å². The molecule has 0 amide bonds. The summed E-state index contributed by atoms with van der Waals surface area (Å²) in [6.07, 6.45) is 1.06. The largest absolute Gasteiger partial charge is 0.507 e. The number of aliphatic hydroxyl groups excluding tert-OH is 1. The zero-order chi connectivity index (χ0) is 11.0. The molecule has 15 heavy (non-hydrogen) atoms. The van der Waals surface area contributed by atoms with Gasteiger partial charge < -0.3 is 20.9 Å². The number of H-pyrrole nitrogens is 1. The van der Waals surface area contributed by atoms with Gasteiger partial charge in [-0.1, -0.05) is 6.07 Å². The van der Waals surface area contributed by atoms with Crippen LogP contribution in [0.15, 0.2) is 24.4 Å². The summed E-state index contributed by atoms with van der Waals surface area (Å²) >= 11 is 0. The van der Waals surface area contributed by atoms with E-state index in [0.717, 1.165) is 10.9 Å². The molecule has 1 aromatic heterocycles. The molecule has 0 radical (unpaired) electrons. The lowest BCUT2D eigenvalue weighted by molar-refractivity contribution is 0.163. The smallest absolute Gasteiger partial charge is 0.129 e. The lowest BCUT2D eigenvalue weighted by atomic mass is 10.0. The second-order valence-electron chi connectivity index (χ2n) is 3.71. The number of phenols is 1. The average Bonchev–Trinajstić information content (AvgIpc) is 2.66. The number of benzene rings is 1. The molecule has 0 fully saturated rings. The van der Waals surface area contributed by atoms with E-state index in [0.29, 0.717) is 5.56 Å². The molecule has 0 unspecified atom stereocenters. The first-order chi connectivity index (χ1) is 7.11. The number of aliphatic hydroxyl groups is 1. The minimum atomic E-state index is -0.688. The Kier molecular flexibility index (Phi) is 2.38. The summed E-state index contributed by atoms with van der Waals surface area (Å²) in [6.45, 7) is 1.60. The van der Waals surface area contributed by atoms with Crippen molar-refractivity contribution >= 4 is 10.9 Å². The molecule has 0 spiro atoms. The van der Waals surface area contributed by atoms with E-state index in [-0.39, 0.29) is 5.75 Å². The highest BCUT2D eigenvalue weighted by atomic mass is 16.3. The third-order valence-electron chi connectivity index (χ3n) is 2.62. The minimum absolute atomic E-state index is 0.141. The Balaban J connectivity index is 2.57. The van der Waals surface area contributed by atoms with E-state index >= 15 is 0 Å². The van der Waals surface area contributed by atoms with Crippen molar-refractivity contribution in [2.45, 2.75) is 19.1 Å². The van der Waals surface area contributed by atoms with Crippen molar-refractivity contribution in [3.63, 3.8) is 0 Å². The molecule has 0 bridgehead atoms. The van der Waals surface area contributed by atoms with E-state index in [1.54, 1.807) is 25.3 Å². The molecule has 0 saturated heterocycles. The number of phenolic OH excluding ortho intramolecular Hbond substituents is 1. The van der Waals surface area contributed by atoms with Gasteiger partial charge in [0.15, 0.2) is 0 Å². The van der Waals surface area contributed by atoms with Crippen molar-refractivity contribution in [3.05, 3.63) is 30.0 Å². The van der Waals surface area contributed by atoms with E-state index in [1.165, 1.54) is 0 Å². The fourth-order valence-electron chi connectivity index (χ4n) is 1.66. The van der Waals surface area contributed by atoms with Gasteiger partial charge in [0, 0.05) is 22.7 Å². The number of hydrogen-bond acceptors (Lipinski definition) is 3. The first-order valence-corrected chi connectivity index (χ1v) is 4.84. The van der Waals surface area contributed by atoms with E-state index in [1.807, 2.05) is 6.07 Å². The molecule has 0 aliphatic rings. The van der Waals surface area contributed by atoms with Gasteiger partial charge in [0.05, 0.1) is 12.1 Å². The summed E-state index contributed by atoms with van der Waals surface area (Å²) in [5, 5.41) is 20.0. The fourth-order valence-corrected chi connectivity index (χ4v) is 1.66. The van der Waals surface area contributed by atoms with Crippen LogP contribution < -0.4 is 5.73 Å². The topological polar surface area (TPSA) is 82.3 Å². The fraction of sp³-hybridized carbons (Fsp3) is 0.273. The first kappa shape index (κ1) is 10.0. The van der Waals surface area contributed by atoms with Gasteiger partial charge in [-0.15, -0.1) is 0 Å². The number of nitrogens with one attached hydrogen (secondary N) is 1. The summed E-state index contributed by atoms with van der Waals surface area (Å²) in [6, 6.07) is 4.78. The van der Waals surface area contributed by atoms with E-state index in [2.05, 4.69) is 4.98 Å². The monoisotopic (exact) mass is 206 g/mol. The highest BCUT2D eigenvalue weighted by molar-refractivity contribution is 5.87. The van der Waals surface area contributed by atoms with Crippen molar-refractivity contribution in [2.75, 3.05) is 0 Å². The predicted octanol–water partition coefficient (Wildman–Crippen LogP) is 1.25. The Hall–Kier alpha value is -1.52. The molecule has 4 heteroatoms. The van der Waals surface area contributed by atoms with Crippen molar-refractivity contribution in [1.82, 2.24) is 4.98 Å². The van der Waals surface area contributed by atoms with Crippen LogP contribution in [0.3, 0.4) is 0 Å². The van der Waals surface area contributed by atoms with Gasteiger partial charge in [-0.25, -0.2) is 0 Å². The van der Waals surface area contributed by atoms with Gasteiger partial charge in [-0.05, 0) is 19.1 Å². The molecular formula is C11H14N2O2. The zero-order valence-electron chi connectivity index (χ0n) is 8.44. The normalized spacial score (nSPS) is 15.4. The molecular weight excluding hydrogens is 192 g/mol. The number of nitrogens with two attached hydrogens (primary N) is 1. The molecule has 1 aromatic carbocycles. The van der Waals surface area contributed by atoms with E-state index < -0.39 is 12.1 Å². The summed E-state index contributed by atoms with van der Waals surface area (Å²) in [5.41, 5.74) is 7.20. The molecule has 2 rings (SSSR count). The van der Waals surface area contributed by atoms with Crippen molar-refractivity contribution < 1.29 is 10.2 Å². The van der Waals surface area contributed by atoms with E-state index in [9.17, 15) is 10.2 Å². The van der Waals surface area contributed by atoms with E-state index in [4.69, 9.17) is 5.73 Å². The summed E-state index contributed by atoms with van der Waals surface area (Å²) in [4.78, 5) is 2.99. The van der Waals surface area contributed by atoms with Crippen LogP contribution in [-0.2, 0) is 0 Å². The molecule has 0 aliphatic heterocycles. The molecule has 4 nitrogen and oxygen atoms in total. The number of hydrogen-bond donors (Lipinski definition) is 4. The van der Waals surface area contributed by atoms with Crippen LogP contribution in [0.2, 0.25) is 0 Å². The third kappa shape index (κ3) is 1.58. The summed E-state index contributed by atoms with van der Waals surface area (Å²) in [5.74, 6) is 0.141. The second kappa shape index (κ2) is 3.56. The molecule has 2 atom stereocenters. The average molecular weight is 206 g/mol. The zero-order valence-corrected chi connectivity index (χ0v) is 8.44. The number of rotatable bonds is 2. The SMILES string of the molecule is C[C@H](O)[C@@H](N)c1ccc2[nH]ccc2c1O. The Bertz CT molecular complexity index is 476. The lowest BCUT2D eigenvalue weighted by Gasteiger charge is -2.16. The number of aromatic hydroxyl groups is 1. The maximum absolute atomic E-state index is 9.95. The Labute approximate surface area is 87.3 Å². The highest BCUT2D eigenvalue weighted by Gasteiger charge is 2.17. The highest BCUT2D eigenvalue weighted by Crippen LogP contribution is 2.32. The van der Waals surface area contributed by atoms with Gasteiger partial charge in [0.25, 0.3) is 0 Å². The van der Waals surface area contributed by atoms with Crippen LogP contribution in [0.1, 0.15) is 18.5 Å². The molecule has 5 N–H and O–H groups in total. The number of fused-ring (bicyclic) bond motifs is 1. The third-order valence-corrected chi connectivity index (χ3v) is 2.62. The molecule has 2 aromatic rings. The quantitative estimate of drug-likeness (QED) is 0.597. The standard InChI is InChI=1S/C11H14N2O2/c1-6(14)10(12)8-2-3-9-7(11(8)15)4-5-13-9/h2-6,10,13-15H,12H2,1H3/t6-,10+/m0/s1. The Morgan fingerprint density at radius 2 is 2.07 bits per heavy atom. The molecule has 0 aliphatic carbocycles. The van der Waals surface area contributed by atoms with Crippen LogP contribution >= 0.6 is 0 Å². The molecule has 80 valence electrons. The second-order valence-corrected chi connectivity index (χ2v) is 3.71. The Morgan fingerprint density at radius 3 is 2.73 bits per heavy atom. The van der Waals surface area contributed by atoms with Crippen molar-refractivity contribution in [3.8, 4) is 5.75 Å². The lowest BCUT2D eigenvalue weighted by Crippen LogP contribution is -2.23. The van der Waals surface area contributed by atoms with Gasteiger partial charge in [0.2, 0.25) is 0 Å². The first-order valence-electron chi connectivity index (χ1n) is 4.84. The molecule has 1 heterocycles. The minimum Gasteiger partial charge on any atom is -0.507 e. The molecule has 0 saturated carbocycles. The van der Waals surface area contributed by atoms with Gasteiger partial charge in [-0.2, -0.15) is 0 Å². The number of aromatic nitrogens is 1. The van der Waals surface area contributed by atoms with Crippen LogP contribution in [-0.4, -0.2) is 21.3 Å². The van der Waals surface area contributed by atoms with Crippen LogP contribution in [0.4, 0.5) is 0 Å². The van der Waals surface area contributed by atoms with Gasteiger partial charge in [0.1, 0.15) is 5.75 Å². The number of aromatic amines is 1. The van der Waals surface area contributed by atoms with Crippen LogP contribution in [0, 0.1) is 0 Å². The summed E-state index contributed by atoms with van der Waals surface area (Å²) < 4.78 is 0. The predicted molar refractivity (Wildman–Crippen MR) is 58.6 cm³/mol. The van der Waals surface area contributed by atoms with Crippen molar-refractivity contribution in [1.29, 1.82) is 0 Å². The maximum atomic E-state index is 9.95. The van der Waals surface area contributed by atoms with Crippen LogP contribution in [0.25, 0.3) is 10.9 Å².